The summed E-state index contributed by atoms with van der Waals surface area (Å²) in [6, 6.07) is 7.31. The first-order valence-electron chi connectivity index (χ1n) is 14.6. The van der Waals surface area contributed by atoms with Crippen molar-refractivity contribution in [1.82, 2.24) is 20.2 Å². The summed E-state index contributed by atoms with van der Waals surface area (Å²) in [4.78, 5) is 35.7. The molecule has 10 nitrogen and oxygen atoms in total. The topological polar surface area (TPSA) is 118 Å². The van der Waals surface area contributed by atoms with Gasteiger partial charge < -0.3 is 34.7 Å². The summed E-state index contributed by atoms with van der Waals surface area (Å²) in [7, 11) is 2.65. The second-order valence-corrected chi connectivity index (χ2v) is 11.3. The third-order valence-corrected chi connectivity index (χ3v) is 8.24. The molecule has 2 fully saturated rings. The molecule has 5 rings (SSSR count). The minimum absolute atomic E-state index is 0.0607. The Morgan fingerprint density at radius 2 is 1.82 bits per heavy atom. The number of nitrogens with zero attached hydrogens (tertiary/aromatic N) is 2. The molecule has 3 unspecified atom stereocenters. The zero-order valence-electron chi connectivity index (χ0n) is 25.0. The second-order valence-electron chi connectivity index (χ2n) is 11.3. The van der Waals surface area contributed by atoms with Crippen molar-refractivity contribution in [2.24, 2.45) is 11.8 Å². The van der Waals surface area contributed by atoms with E-state index in [4.69, 9.17) is 9.47 Å². The van der Waals surface area contributed by atoms with Gasteiger partial charge >= 0.3 is 12.5 Å². The van der Waals surface area contributed by atoms with Crippen LogP contribution in [0.25, 0.3) is 22.4 Å². The summed E-state index contributed by atoms with van der Waals surface area (Å²) >= 11 is 0. The number of benzene rings is 2. The Morgan fingerprint density at radius 1 is 1.13 bits per heavy atom. The molecule has 2 aliphatic rings. The first kappa shape index (κ1) is 32.1. The van der Waals surface area contributed by atoms with E-state index in [-0.39, 0.29) is 35.0 Å². The highest BCUT2D eigenvalue weighted by Gasteiger charge is 2.42. The van der Waals surface area contributed by atoms with Gasteiger partial charge in [0.1, 0.15) is 23.4 Å². The summed E-state index contributed by atoms with van der Waals surface area (Å²) in [6.45, 7) is 3.54. The zero-order chi connectivity index (χ0) is 32.3. The van der Waals surface area contributed by atoms with Gasteiger partial charge in [0, 0.05) is 38.4 Å². The van der Waals surface area contributed by atoms with Gasteiger partial charge in [0.05, 0.1) is 30.7 Å². The second kappa shape index (κ2) is 13.3. The summed E-state index contributed by atoms with van der Waals surface area (Å²) in [5.41, 5.74) is 1.43. The molecular formula is C31H35F4N5O5. The molecule has 3 heterocycles. The van der Waals surface area contributed by atoms with Crippen molar-refractivity contribution in [3.63, 3.8) is 0 Å². The van der Waals surface area contributed by atoms with Gasteiger partial charge in [0.15, 0.2) is 0 Å². The average Bonchev–Trinajstić information content (AvgIpc) is 3.67. The summed E-state index contributed by atoms with van der Waals surface area (Å²) < 4.78 is 68.3. The van der Waals surface area contributed by atoms with E-state index in [1.165, 1.54) is 14.2 Å². The third kappa shape index (κ3) is 7.32. The Hall–Kier alpha value is -4.33. The van der Waals surface area contributed by atoms with Gasteiger partial charge in [-0.05, 0) is 48.3 Å². The number of aromatic amines is 1. The van der Waals surface area contributed by atoms with Gasteiger partial charge in [-0.1, -0.05) is 31.2 Å². The van der Waals surface area contributed by atoms with Crippen molar-refractivity contribution in [2.75, 3.05) is 39.2 Å². The van der Waals surface area contributed by atoms with Gasteiger partial charge in [0.2, 0.25) is 5.91 Å². The van der Waals surface area contributed by atoms with Crippen LogP contribution < -0.4 is 15.4 Å². The number of aromatic nitrogens is 2. The number of amides is 2. The number of anilines is 1. The number of carbonyl (C=O) groups is 2. The molecule has 3 N–H and O–H groups in total. The molecule has 1 aromatic heterocycles. The number of rotatable bonds is 8. The molecular weight excluding hydrogens is 598 g/mol. The SMILES string of the molecule is CNc1cc(OC(F)(F)F)c(-c2ccc(-c3cnc(C4CC(C)CN4C(=O)C(NC(=O)OC)C4CCOCC4)[nH]3)cc2)cc1F. The Morgan fingerprint density at radius 3 is 2.47 bits per heavy atom. The Kier molecular flexibility index (Phi) is 9.51. The van der Waals surface area contributed by atoms with Crippen LogP contribution >= 0.6 is 0 Å². The van der Waals surface area contributed by atoms with E-state index in [1.54, 1.807) is 35.4 Å². The predicted octanol–water partition coefficient (Wildman–Crippen LogP) is 5.88. The molecule has 2 aromatic carbocycles. The quantitative estimate of drug-likeness (QED) is 0.265. The van der Waals surface area contributed by atoms with Crippen LogP contribution in [0.5, 0.6) is 5.75 Å². The van der Waals surface area contributed by atoms with Crippen LogP contribution in [-0.2, 0) is 14.3 Å². The molecule has 242 valence electrons. The zero-order valence-corrected chi connectivity index (χ0v) is 25.0. The normalized spacial score (nSPS) is 19.7. The number of halogens is 4. The lowest BCUT2D eigenvalue weighted by atomic mass is 9.90. The van der Waals surface area contributed by atoms with Crippen LogP contribution in [0.15, 0.2) is 42.6 Å². The van der Waals surface area contributed by atoms with Crippen LogP contribution in [0.4, 0.5) is 28.0 Å². The van der Waals surface area contributed by atoms with Crippen LogP contribution in [0.3, 0.4) is 0 Å². The van der Waals surface area contributed by atoms with Crippen LogP contribution in [0.2, 0.25) is 0 Å². The van der Waals surface area contributed by atoms with Crippen molar-refractivity contribution in [2.45, 2.75) is 44.6 Å². The van der Waals surface area contributed by atoms with E-state index in [2.05, 4.69) is 25.3 Å². The van der Waals surface area contributed by atoms with E-state index >= 15 is 0 Å². The fraction of sp³-hybridized carbons (Fsp3) is 0.452. The van der Waals surface area contributed by atoms with Gasteiger partial charge in [0.25, 0.3) is 0 Å². The van der Waals surface area contributed by atoms with Gasteiger partial charge in [-0.3, -0.25) is 4.79 Å². The van der Waals surface area contributed by atoms with Crippen molar-refractivity contribution >= 4 is 17.7 Å². The van der Waals surface area contributed by atoms with Crippen LogP contribution in [0.1, 0.15) is 38.1 Å². The predicted molar refractivity (Wildman–Crippen MR) is 157 cm³/mol. The van der Waals surface area contributed by atoms with E-state index < -0.39 is 30.1 Å². The molecule has 0 spiro atoms. The minimum Gasteiger partial charge on any atom is -0.453 e. The van der Waals surface area contributed by atoms with Crippen molar-refractivity contribution in [3.8, 4) is 28.1 Å². The molecule has 45 heavy (non-hydrogen) atoms. The van der Waals surface area contributed by atoms with Crippen molar-refractivity contribution < 1.29 is 41.4 Å². The average molecular weight is 634 g/mol. The highest BCUT2D eigenvalue weighted by atomic mass is 19.4. The van der Waals surface area contributed by atoms with Crippen molar-refractivity contribution in [3.05, 3.63) is 54.2 Å². The number of nitrogens with one attached hydrogen (secondary N) is 3. The highest BCUT2D eigenvalue weighted by Crippen LogP contribution is 2.39. The summed E-state index contributed by atoms with van der Waals surface area (Å²) in [5.74, 6) is -0.820. The largest absolute Gasteiger partial charge is 0.573 e. The number of alkyl halides is 3. The molecule has 3 aromatic rings. The highest BCUT2D eigenvalue weighted by molar-refractivity contribution is 5.86. The molecule has 0 bridgehead atoms. The number of hydrogen-bond donors (Lipinski definition) is 3. The maximum atomic E-state index is 14.5. The lowest BCUT2D eigenvalue weighted by Gasteiger charge is -2.34. The van der Waals surface area contributed by atoms with E-state index in [9.17, 15) is 27.2 Å². The van der Waals surface area contributed by atoms with E-state index in [0.717, 1.165) is 12.1 Å². The van der Waals surface area contributed by atoms with Gasteiger partial charge in [-0.2, -0.15) is 0 Å². The maximum absolute atomic E-state index is 14.5. The molecule has 3 atom stereocenters. The smallest absolute Gasteiger partial charge is 0.453 e. The minimum atomic E-state index is -4.96. The van der Waals surface area contributed by atoms with Crippen LogP contribution in [-0.4, -0.2) is 73.2 Å². The van der Waals surface area contributed by atoms with E-state index in [1.807, 2.05) is 6.92 Å². The van der Waals surface area contributed by atoms with Gasteiger partial charge in [-0.25, -0.2) is 14.2 Å². The maximum Gasteiger partial charge on any atom is 0.573 e. The lowest BCUT2D eigenvalue weighted by Crippen LogP contribution is -2.53. The molecule has 0 saturated carbocycles. The number of likely N-dealkylation sites (tertiary alicyclic amines) is 1. The summed E-state index contributed by atoms with van der Waals surface area (Å²) in [5, 5.41) is 5.25. The number of ether oxygens (including phenoxy) is 3. The molecule has 2 aliphatic heterocycles. The van der Waals surface area contributed by atoms with E-state index in [0.29, 0.717) is 61.7 Å². The molecule has 0 radical (unpaired) electrons. The Labute approximate surface area is 257 Å². The van der Waals surface area contributed by atoms with Crippen molar-refractivity contribution in [1.29, 1.82) is 0 Å². The van der Waals surface area contributed by atoms with Gasteiger partial charge in [-0.15, -0.1) is 13.2 Å². The fourth-order valence-corrected chi connectivity index (χ4v) is 6.01. The number of H-pyrrole nitrogens is 1. The number of methoxy groups -OCH3 is 1. The first-order valence-corrected chi connectivity index (χ1v) is 14.6. The molecule has 2 amide bonds. The molecule has 14 heteroatoms. The third-order valence-electron chi connectivity index (χ3n) is 8.24. The Bertz CT molecular complexity index is 1510. The standard InChI is InChI=1S/C31H35F4N5O5/c1-17-12-25(40(16-17)29(41)27(39-30(42)43-3)20-8-10-44-11-9-20)28-37-15-24(38-28)19-6-4-18(5-7-19)21-13-22(32)23(36-2)14-26(21)45-31(33,34)35/h4-7,13-15,17,20,25,27,36H,8-12,16H2,1-3H3,(H,37,38)(H,39,42). The lowest BCUT2D eigenvalue weighted by molar-refractivity contribution is -0.274. The number of hydrogen-bond acceptors (Lipinski definition) is 7. The monoisotopic (exact) mass is 633 g/mol. The van der Waals surface area contributed by atoms with Crippen LogP contribution in [0, 0.1) is 17.7 Å². The first-order chi connectivity index (χ1) is 21.5. The fourth-order valence-electron chi connectivity index (χ4n) is 6.01. The summed E-state index contributed by atoms with van der Waals surface area (Å²) in [6.07, 6.45) is -2.09. The molecule has 0 aliphatic carbocycles. The molecule has 2 saturated heterocycles. The number of alkyl carbamates (subject to hydrolysis) is 1. The number of imidazole rings is 1. The number of carbonyl (C=O) groups excluding carboxylic acids is 2. The Balaban J connectivity index is 1.38.